The summed E-state index contributed by atoms with van der Waals surface area (Å²) >= 11 is 0. The Balaban J connectivity index is 1.35. The number of likely N-dealkylation sites (tertiary alicyclic amines) is 2. The van der Waals surface area contributed by atoms with Crippen LogP contribution in [0.3, 0.4) is 0 Å². The van der Waals surface area contributed by atoms with Crippen LogP contribution in [0.1, 0.15) is 41.5 Å². The van der Waals surface area contributed by atoms with Crippen molar-refractivity contribution in [3.63, 3.8) is 0 Å². The number of halogens is 1. The van der Waals surface area contributed by atoms with Gasteiger partial charge in [-0.15, -0.1) is 0 Å². The van der Waals surface area contributed by atoms with Crippen LogP contribution < -0.4 is 5.73 Å². The Morgan fingerprint density at radius 2 is 1.34 bits per heavy atom. The van der Waals surface area contributed by atoms with E-state index >= 15 is 4.39 Å². The van der Waals surface area contributed by atoms with Crippen LogP contribution in [-0.2, 0) is 23.3 Å². The second-order valence-corrected chi connectivity index (χ2v) is 10.9. The normalized spacial score (nSPS) is 19.6. The Bertz CT molecular complexity index is 1170. The minimum absolute atomic E-state index is 0.0242. The number of benzene rings is 3. The molecule has 0 aromatic heterocycles. The van der Waals surface area contributed by atoms with Crippen molar-refractivity contribution in [3.05, 3.63) is 107 Å². The largest absolute Gasteiger partial charge is 0.396 e. The van der Waals surface area contributed by atoms with Crippen molar-refractivity contribution in [2.24, 2.45) is 17.6 Å². The predicted molar refractivity (Wildman–Crippen MR) is 148 cm³/mol. The fourth-order valence-corrected chi connectivity index (χ4v) is 6.54. The van der Waals surface area contributed by atoms with Crippen LogP contribution in [0.5, 0.6) is 0 Å². The predicted octanol–water partition coefficient (Wildman–Crippen LogP) is 4.32. The molecule has 0 spiro atoms. The molecule has 38 heavy (non-hydrogen) atoms. The minimum atomic E-state index is -0.946. The average Bonchev–Trinajstić information content (AvgIpc) is 3.41. The number of carbonyl (C=O) groups is 1. The summed E-state index contributed by atoms with van der Waals surface area (Å²) in [5.41, 5.74) is 8.51. The number of hydrogen-bond acceptors (Lipinski definition) is 4. The van der Waals surface area contributed by atoms with Crippen molar-refractivity contribution in [3.8, 4) is 0 Å². The summed E-state index contributed by atoms with van der Waals surface area (Å²) in [6.07, 6.45) is 2.71. The third kappa shape index (κ3) is 5.26. The summed E-state index contributed by atoms with van der Waals surface area (Å²) in [4.78, 5) is 17.9. The van der Waals surface area contributed by atoms with E-state index in [1.807, 2.05) is 78.9 Å². The highest BCUT2D eigenvalue weighted by Gasteiger charge is 2.49. The van der Waals surface area contributed by atoms with E-state index in [2.05, 4.69) is 9.80 Å². The number of amides is 1. The second kappa shape index (κ2) is 11.8. The van der Waals surface area contributed by atoms with Crippen molar-refractivity contribution in [2.75, 3.05) is 32.8 Å². The van der Waals surface area contributed by atoms with Crippen LogP contribution in [0, 0.1) is 17.7 Å². The standard InChI is InChI=1S/C32H38FN3O2/c33-30-25(20-35-17-14-24(23-37)15-18-35)8-7-9-26(30)21-36-19-16-29(22-36)32(31(34)38,27-10-3-1-4-11-27)28-12-5-2-6-13-28/h1-13,24,29,37H,14-23H2,(H2,34,38)/t29-/m1/s1. The van der Waals surface area contributed by atoms with E-state index in [-0.39, 0.29) is 24.2 Å². The third-order valence-corrected chi connectivity index (χ3v) is 8.64. The summed E-state index contributed by atoms with van der Waals surface area (Å²) in [5, 5.41) is 9.40. The Kier molecular flexibility index (Phi) is 8.22. The number of nitrogens with zero attached hydrogens (tertiary/aromatic N) is 2. The monoisotopic (exact) mass is 515 g/mol. The van der Waals surface area contributed by atoms with Gasteiger partial charge in [0.1, 0.15) is 11.2 Å². The van der Waals surface area contributed by atoms with Gasteiger partial charge in [0, 0.05) is 37.4 Å². The maximum Gasteiger partial charge on any atom is 0.232 e. The summed E-state index contributed by atoms with van der Waals surface area (Å²) in [6, 6.07) is 25.4. The zero-order valence-corrected chi connectivity index (χ0v) is 21.9. The maximum atomic E-state index is 15.6. The molecule has 200 valence electrons. The Hall–Kier alpha value is -3.06. The van der Waals surface area contributed by atoms with Gasteiger partial charge in [0.2, 0.25) is 5.91 Å². The highest BCUT2D eigenvalue weighted by molar-refractivity contribution is 5.91. The molecule has 2 aliphatic rings. The van der Waals surface area contributed by atoms with E-state index in [0.29, 0.717) is 31.1 Å². The molecule has 2 aliphatic heterocycles. The van der Waals surface area contributed by atoms with E-state index in [1.54, 1.807) is 0 Å². The summed E-state index contributed by atoms with van der Waals surface area (Å²) in [7, 11) is 0. The Labute approximate surface area is 225 Å². The number of carbonyl (C=O) groups excluding carboxylic acids is 1. The molecular weight excluding hydrogens is 477 g/mol. The van der Waals surface area contributed by atoms with Gasteiger partial charge < -0.3 is 10.8 Å². The summed E-state index contributed by atoms with van der Waals surface area (Å²) in [5.74, 6) is -0.138. The number of aliphatic hydroxyl groups is 1. The van der Waals surface area contributed by atoms with E-state index < -0.39 is 5.41 Å². The van der Waals surface area contributed by atoms with E-state index in [9.17, 15) is 9.90 Å². The van der Waals surface area contributed by atoms with Gasteiger partial charge >= 0.3 is 0 Å². The zero-order valence-electron chi connectivity index (χ0n) is 21.9. The molecule has 0 bridgehead atoms. The maximum absolute atomic E-state index is 15.6. The molecule has 0 unspecified atom stereocenters. The van der Waals surface area contributed by atoms with E-state index in [0.717, 1.165) is 55.6 Å². The van der Waals surface area contributed by atoms with Crippen LogP contribution >= 0.6 is 0 Å². The van der Waals surface area contributed by atoms with Crippen molar-refractivity contribution in [1.82, 2.24) is 9.80 Å². The first-order valence-electron chi connectivity index (χ1n) is 13.7. The Morgan fingerprint density at radius 1 is 0.816 bits per heavy atom. The SMILES string of the molecule is NC(=O)C(c1ccccc1)(c1ccccc1)[C@@H]1CCN(Cc2cccc(CN3CCC(CO)CC3)c2F)C1. The molecule has 3 aromatic carbocycles. The lowest BCUT2D eigenvalue weighted by Crippen LogP contribution is -2.49. The highest BCUT2D eigenvalue weighted by atomic mass is 19.1. The lowest BCUT2D eigenvalue weighted by molar-refractivity contribution is -0.123. The third-order valence-electron chi connectivity index (χ3n) is 8.64. The van der Waals surface area contributed by atoms with Gasteiger partial charge in [-0.05, 0) is 61.9 Å². The van der Waals surface area contributed by atoms with Crippen LogP contribution in [0.2, 0.25) is 0 Å². The number of aliphatic hydroxyl groups excluding tert-OH is 1. The van der Waals surface area contributed by atoms with Crippen molar-refractivity contribution < 1.29 is 14.3 Å². The van der Waals surface area contributed by atoms with Crippen molar-refractivity contribution >= 4 is 5.91 Å². The first-order chi connectivity index (χ1) is 18.5. The van der Waals surface area contributed by atoms with Gasteiger partial charge in [0.05, 0.1) is 0 Å². The number of rotatable bonds is 9. The molecule has 0 aliphatic carbocycles. The fraction of sp³-hybridized carbons (Fsp3) is 0.406. The van der Waals surface area contributed by atoms with Crippen molar-refractivity contribution in [2.45, 2.75) is 37.8 Å². The lowest BCUT2D eigenvalue weighted by atomic mass is 9.64. The smallest absolute Gasteiger partial charge is 0.232 e. The average molecular weight is 516 g/mol. The molecule has 3 N–H and O–H groups in total. The Morgan fingerprint density at radius 3 is 1.87 bits per heavy atom. The molecule has 1 amide bonds. The zero-order chi connectivity index (χ0) is 26.5. The molecule has 0 saturated carbocycles. The highest BCUT2D eigenvalue weighted by Crippen LogP contribution is 2.44. The van der Waals surface area contributed by atoms with Crippen LogP contribution in [0.15, 0.2) is 78.9 Å². The fourth-order valence-electron chi connectivity index (χ4n) is 6.54. The molecule has 5 nitrogen and oxygen atoms in total. The van der Waals surface area contributed by atoms with Gasteiger partial charge in [0.25, 0.3) is 0 Å². The number of nitrogens with two attached hydrogens (primary N) is 1. The van der Waals surface area contributed by atoms with E-state index in [1.165, 1.54) is 0 Å². The van der Waals surface area contributed by atoms with Gasteiger partial charge in [-0.2, -0.15) is 0 Å². The quantitative estimate of drug-likeness (QED) is 0.445. The lowest BCUT2D eigenvalue weighted by Gasteiger charge is -2.37. The molecule has 5 rings (SSSR count). The molecule has 3 aromatic rings. The van der Waals surface area contributed by atoms with E-state index in [4.69, 9.17) is 5.73 Å². The molecule has 2 heterocycles. The number of primary amides is 1. The molecule has 1 atom stereocenters. The number of hydrogen-bond donors (Lipinski definition) is 2. The molecule has 6 heteroatoms. The van der Waals surface area contributed by atoms with Gasteiger partial charge in [-0.25, -0.2) is 4.39 Å². The molecule has 2 fully saturated rings. The summed E-state index contributed by atoms with van der Waals surface area (Å²) in [6.45, 7) is 4.53. The van der Waals surface area contributed by atoms with Crippen LogP contribution in [0.4, 0.5) is 4.39 Å². The first kappa shape index (κ1) is 26.5. The second-order valence-electron chi connectivity index (χ2n) is 10.9. The molecule has 0 radical (unpaired) electrons. The first-order valence-corrected chi connectivity index (χ1v) is 13.7. The van der Waals surface area contributed by atoms with Gasteiger partial charge in [0.15, 0.2) is 0 Å². The van der Waals surface area contributed by atoms with Crippen molar-refractivity contribution in [1.29, 1.82) is 0 Å². The topological polar surface area (TPSA) is 69.8 Å². The summed E-state index contributed by atoms with van der Waals surface area (Å²) < 4.78 is 15.6. The minimum Gasteiger partial charge on any atom is -0.396 e. The van der Waals surface area contributed by atoms with Crippen LogP contribution in [0.25, 0.3) is 0 Å². The molecule has 2 saturated heterocycles. The number of piperidine rings is 1. The van der Waals surface area contributed by atoms with Gasteiger partial charge in [-0.3, -0.25) is 14.6 Å². The molecular formula is C32H38FN3O2. The van der Waals surface area contributed by atoms with Gasteiger partial charge in [-0.1, -0.05) is 78.9 Å². The van der Waals surface area contributed by atoms with Crippen LogP contribution in [-0.4, -0.2) is 53.6 Å².